The quantitative estimate of drug-likeness (QED) is 0.407. The van der Waals surface area contributed by atoms with Gasteiger partial charge in [-0.2, -0.15) is 0 Å². The molecule has 0 saturated carbocycles. The number of hydrogen-bond acceptors (Lipinski definition) is 7. The third-order valence-electron chi connectivity index (χ3n) is 4.18. The molecule has 0 aliphatic carbocycles. The summed E-state index contributed by atoms with van der Waals surface area (Å²) < 4.78 is 5.81. The number of hydrogen-bond donors (Lipinski definition) is 2. The summed E-state index contributed by atoms with van der Waals surface area (Å²) in [6.45, 7) is 1.91. The highest BCUT2D eigenvalue weighted by Crippen LogP contribution is 2.27. The Bertz CT molecular complexity index is 1190. The van der Waals surface area contributed by atoms with Gasteiger partial charge in [-0.05, 0) is 54.3 Å². The van der Waals surface area contributed by atoms with Crippen molar-refractivity contribution in [2.24, 2.45) is 0 Å². The van der Waals surface area contributed by atoms with Crippen molar-refractivity contribution in [1.82, 2.24) is 9.97 Å². The topological polar surface area (TPSA) is 93.2 Å². The van der Waals surface area contributed by atoms with Crippen LogP contribution < -0.4 is 15.4 Å². The highest BCUT2D eigenvalue weighted by molar-refractivity contribution is 7.14. The molecule has 0 fully saturated rings. The lowest BCUT2D eigenvalue weighted by Crippen LogP contribution is -2.15. The summed E-state index contributed by atoms with van der Waals surface area (Å²) >= 11 is 2.65. The first-order valence-electron chi connectivity index (χ1n) is 9.34. The molecular formula is C22H18N4O3S2. The lowest BCUT2D eigenvalue weighted by molar-refractivity contribution is -0.115. The Morgan fingerprint density at radius 3 is 2.74 bits per heavy atom. The highest BCUT2D eigenvalue weighted by atomic mass is 32.1. The standard InChI is InChI=1S/C22H18N4O3S2/c1-14-10-15(6-7-18(14)29-17-4-2-8-23-12-17)24-20(27)11-16-13-31-22(25-16)26-21(28)19-5-3-9-30-19/h2-10,12-13H,11H2,1H3,(H,24,27)(H,25,26,28). The molecule has 0 aliphatic rings. The minimum absolute atomic E-state index is 0.109. The minimum Gasteiger partial charge on any atom is -0.455 e. The van der Waals surface area contributed by atoms with Crippen molar-refractivity contribution in [2.75, 3.05) is 10.6 Å². The van der Waals surface area contributed by atoms with E-state index in [-0.39, 0.29) is 18.2 Å². The Hall–Kier alpha value is -3.56. The third-order valence-corrected chi connectivity index (χ3v) is 5.85. The second kappa shape index (κ2) is 9.50. The van der Waals surface area contributed by atoms with Crippen molar-refractivity contribution in [2.45, 2.75) is 13.3 Å². The zero-order valence-electron chi connectivity index (χ0n) is 16.5. The van der Waals surface area contributed by atoms with Crippen molar-refractivity contribution in [3.8, 4) is 11.5 Å². The van der Waals surface area contributed by atoms with Gasteiger partial charge in [-0.15, -0.1) is 22.7 Å². The van der Waals surface area contributed by atoms with Crippen LogP contribution in [0.3, 0.4) is 0 Å². The lowest BCUT2D eigenvalue weighted by atomic mass is 10.2. The average Bonchev–Trinajstić information content (AvgIpc) is 3.43. The van der Waals surface area contributed by atoms with Crippen LogP contribution in [0.2, 0.25) is 0 Å². The average molecular weight is 451 g/mol. The molecule has 0 radical (unpaired) electrons. The summed E-state index contributed by atoms with van der Waals surface area (Å²) in [4.78, 5) is 33.5. The number of carbonyl (C=O) groups is 2. The molecule has 0 saturated heterocycles. The molecule has 2 N–H and O–H groups in total. The minimum atomic E-state index is -0.204. The number of thiophene rings is 1. The third kappa shape index (κ3) is 5.53. The van der Waals surface area contributed by atoms with Gasteiger partial charge in [-0.1, -0.05) is 6.07 Å². The molecule has 0 atom stereocenters. The smallest absolute Gasteiger partial charge is 0.267 e. The van der Waals surface area contributed by atoms with Crippen LogP contribution in [-0.2, 0) is 11.2 Å². The fraction of sp³-hybridized carbons (Fsp3) is 0.0909. The number of nitrogens with one attached hydrogen (secondary N) is 2. The summed E-state index contributed by atoms with van der Waals surface area (Å²) in [7, 11) is 0. The van der Waals surface area contributed by atoms with Gasteiger partial charge in [-0.3, -0.25) is 19.9 Å². The molecule has 3 heterocycles. The number of pyridine rings is 1. The molecule has 7 nitrogen and oxygen atoms in total. The van der Waals surface area contributed by atoms with Gasteiger partial charge < -0.3 is 10.1 Å². The van der Waals surface area contributed by atoms with E-state index >= 15 is 0 Å². The molecule has 4 rings (SSSR count). The number of amides is 2. The van der Waals surface area contributed by atoms with E-state index in [9.17, 15) is 9.59 Å². The lowest BCUT2D eigenvalue weighted by Gasteiger charge is -2.11. The van der Waals surface area contributed by atoms with E-state index in [2.05, 4.69) is 20.6 Å². The fourth-order valence-corrected chi connectivity index (χ4v) is 4.08. The number of anilines is 2. The SMILES string of the molecule is Cc1cc(NC(=O)Cc2csc(NC(=O)c3cccs3)n2)ccc1Oc1cccnc1. The summed E-state index contributed by atoms with van der Waals surface area (Å²) in [5.74, 6) is 0.940. The molecule has 4 aromatic rings. The van der Waals surface area contributed by atoms with Crippen molar-refractivity contribution in [3.05, 3.63) is 81.8 Å². The largest absolute Gasteiger partial charge is 0.455 e. The number of carbonyl (C=O) groups excluding carboxylic acids is 2. The fourth-order valence-electron chi connectivity index (χ4n) is 2.76. The first-order chi connectivity index (χ1) is 15.1. The van der Waals surface area contributed by atoms with Gasteiger partial charge in [0, 0.05) is 17.3 Å². The number of thiazole rings is 1. The zero-order chi connectivity index (χ0) is 21.6. The second-order valence-electron chi connectivity index (χ2n) is 6.57. The first-order valence-corrected chi connectivity index (χ1v) is 11.1. The normalized spacial score (nSPS) is 10.5. The van der Waals surface area contributed by atoms with Crippen LogP contribution in [0, 0.1) is 6.92 Å². The van der Waals surface area contributed by atoms with E-state index in [0.717, 1.165) is 5.56 Å². The molecular weight excluding hydrogens is 432 g/mol. The molecule has 156 valence electrons. The van der Waals surface area contributed by atoms with Crippen molar-refractivity contribution in [1.29, 1.82) is 0 Å². The summed E-state index contributed by atoms with van der Waals surface area (Å²) in [5, 5.41) is 9.69. The second-order valence-corrected chi connectivity index (χ2v) is 8.38. The van der Waals surface area contributed by atoms with Crippen molar-refractivity contribution >= 4 is 45.3 Å². The van der Waals surface area contributed by atoms with E-state index in [4.69, 9.17) is 4.74 Å². The number of rotatable bonds is 7. The van der Waals surface area contributed by atoms with Gasteiger partial charge in [0.1, 0.15) is 11.5 Å². The maximum Gasteiger partial charge on any atom is 0.267 e. The molecule has 9 heteroatoms. The number of nitrogens with zero attached hydrogens (tertiary/aromatic N) is 2. The summed E-state index contributed by atoms with van der Waals surface area (Å²) in [6, 6.07) is 12.6. The van der Waals surface area contributed by atoms with Crippen LogP contribution in [-0.4, -0.2) is 21.8 Å². The van der Waals surface area contributed by atoms with Crippen molar-refractivity contribution in [3.63, 3.8) is 0 Å². The maximum absolute atomic E-state index is 12.4. The van der Waals surface area contributed by atoms with Gasteiger partial charge in [-0.25, -0.2) is 4.98 Å². The Morgan fingerprint density at radius 2 is 2.00 bits per heavy atom. The molecule has 1 aromatic carbocycles. The summed E-state index contributed by atoms with van der Waals surface area (Å²) in [6.07, 6.45) is 3.43. The molecule has 0 spiro atoms. The Kier molecular flexibility index (Phi) is 6.34. The molecule has 2 amide bonds. The van der Waals surface area contributed by atoms with E-state index in [1.807, 2.05) is 30.5 Å². The number of benzene rings is 1. The van der Waals surface area contributed by atoms with Crippen LogP contribution in [0.4, 0.5) is 10.8 Å². The van der Waals surface area contributed by atoms with E-state index in [1.165, 1.54) is 22.7 Å². The Morgan fingerprint density at radius 1 is 1.10 bits per heavy atom. The number of aryl methyl sites for hydroxylation is 1. The van der Waals surface area contributed by atoms with Crippen LogP contribution in [0.15, 0.2) is 65.6 Å². The molecule has 0 unspecified atom stereocenters. The Balaban J connectivity index is 1.33. The molecule has 0 aliphatic heterocycles. The molecule has 31 heavy (non-hydrogen) atoms. The van der Waals surface area contributed by atoms with Gasteiger partial charge in [0.2, 0.25) is 5.91 Å². The van der Waals surface area contributed by atoms with E-state index in [0.29, 0.717) is 32.9 Å². The van der Waals surface area contributed by atoms with Gasteiger partial charge in [0.25, 0.3) is 5.91 Å². The van der Waals surface area contributed by atoms with Crippen LogP contribution >= 0.6 is 22.7 Å². The van der Waals surface area contributed by atoms with Crippen LogP contribution in [0.25, 0.3) is 0 Å². The van der Waals surface area contributed by atoms with Crippen LogP contribution in [0.5, 0.6) is 11.5 Å². The monoisotopic (exact) mass is 450 g/mol. The maximum atomic E-state index is 12.4. The van der Waals surface area contributed by atoms with Gasteiger partial charge in [0.05, 0.1) is 23.2 Å². The number of aromatic nitrogens is 2. The Labute approximate surface area is 186 Å². The molecule has 0 bridgehead atoms. The predicted molar refractivity (Wildman–Crippen MR) is 122 cm³/mol. The number of ether oxygens (including phenoxy) is 1. The van der Waals surface area contributed by atoms with Crippen LogP contribution in [0.1, 0.15) is 20.9 Å². The van der Waals surface area contributed by atoms with E-state index < -0.39 is 0 Å². The zero-order valence-corrected chi connectivity index (χ0v) is 18.1. The first kappa shape index (κ1) is 20.7. The van der Waals surface area contributed by atoms with Gasteiger partial charge in [0.15, 0.2) is 5.13 Å². The molecule has 3 aromatic heterocycles. The van der Waals surface area contributed by atoms with Crippen molar-refractivity contribution < 1.29 is 14.3 Å². The van der Waals surface area contributed by atoms with Gasteiger partial charge >= 0.3 is 0 Å². The highest BCUT2D eigenvalue weighted by Gasteiger charge is 2.12. The summed E-state index contributed by atoms with van der Waals surface area (Å²) in [5.41, 5.74) is 2.15. The predicted octanol–water partition coefficient (Wildman–Crippen LogP) is 5.13. The van der Waals surface area contributed by atoms with E-state index in [1.54, 1.807) is 42.0 Å².